The first-order valence-corrected chi connectivity index (χ1v) is 11.9. The fourth-order valence-corrected chi connectivity index (χ4v) is 5.05. The highest BCUT2D eigenvalue weighted by Crippen LogP contribution is 2.41. The molecule has 206 valence electrons. The zero-order chi connectivity index (χ0) is 27.4. The van der Waals surface area contributed by atoms with Crippen molar-refractivity contribution in [2.24, 2.45) is 5.92 Å². The highest BCUT2D eigenvalue weighted by Gasteiger charge is 2.43. The Bertz CT molecular complexity index is 1450. The molecule has 0 radical (unpaired) electrons. The van der Waals surface area contributed by atoms with Gasteiger partial charge in [-0.1, -0.05) is 0 Å². The van der Waals surface area contributed by atoms with Crippen LogP contribution in [-0.4, -0.2) is 61.5 Å². The number of halogens is 6. The number of rotatable bonds is 4. The third-order valence-corrected chi connectivity index (χ3v) is 6.70. The molecule has 1 N–H and O–H groups in total. The lowest BCUT2D eigenvalue weighted by molar-refractivity contribution is -0.155. The summed E-state index contributed by atoms with van der Waals surface area (Å²) in [5.74, 6) is -4.67. The topological polar surface area (TPSA) is 107 Å². The average Bonchev–Trinajstić information content (AvgIpc) is 3.56. The van der Waals surface area contributed by atoms with E-state index in [0.717, 1.165) is 16.5 Å². The molecule has 1 fully saturated rings. The van der Waals surface area contributed by atoms with Gasteiger partial charge in [-0.05, 0) is 36.6 Å². The van der Waals surface area contributed by atoms with Gasteiger partial charge < -0.3 is 19.4 Å². The summed E-state index contributed by atoms with van der Waals surface area (Å²) in [7, 11) is 0. The van der Waals surface area contributed by atoms with E-state index in [1.54, 1.807) is 6.07 Å². The third-order valence-electron chi connectivity index (χ3n) is 6.70. The summed E-state index contributed by atoms with van der Waals surface area (Å²) in [6, 6.07) is 4.83. The van der Waals surface area contributed by atoms with Crippen molar-refractivity contribution in [3.63, 3.8) is 0 Å². The summed E-state index contributed by atoms with van der Waals surface area (Å²) in [5, 5.41) is 9.14. The number of aromatic amines is 1. The Kier molecular flexibility index (Phi) is 6.17. The standard InChI is InChI=1S/C23H20F6N8O2/c24-22(25,26)19-33-20(23(27,28)29)35-21(34-19)36-6-3-14-15-8-13(37-30-4-5-31-37)1-2-16(15)32-18(14)17(36)7-12-9-38-11-39-10-12/h1-2,4-5,8,12,17,32H,3,6-7,9-11H2/t17-/m0/s1. The number of aromatic nitrogens is 7. The molecule has 3 aromatic heterocycles. The van der Waals surface area contributed by atoms with E-state index in [2.05, 4.69) is 30.1 Å². The van der Waals surface area contributed by atoms with E-state index >= 15 is 0 Å². The first kappa shape index (κ1) is 25.5. The first-order chi connectivity index (χ1) is 18.6. The van der Waals surface area contributed by atoms with Gasteiger partial charge in [-0.25, -0.2) is 4.98 Å². The zero-order valence-corrected chi connectivity index (χ0v) is 20.0. The predicted molar refractivity (Wildman–Crippen MR) is 122 cm³/mol. The third kappa shape index (κ3) is 4.89. The summed E-state index contributed by atoms with van der Waals surface area (Å²) in [6.07, 6.45) is -6.69. The van der Waals surface area contributed by atoms with Crippen LogP contribution in [0.25, 0.3) is 16.6 Å². The van der Waals surface area contributed by atoms with Crippen molar-refractivity contribution in [1.82, 2.24) is 34.9 Å². The van der Waals surface area contributed by atoms with E-state index in [1.807, 2.05) is 12.1 Å². The molecule has 1 aromatic carbocycles. The second-order valence-electron chi connectivity index (χ2n) is 9.26. The molecule has 0 bridgehead atoms. The lowest BCUT2D eigenvalue weighted by Gasteiger charge is -2.38. The van der Waals surface area contributed by atoms with Crippen molar-refractivity contribution >= 4 is 16.9 Å². The number of ether oxygens (including phenoxy) is 2. The van der Waals surface area contributed by atoms with Gasteiger partial charge in [0, 0.05) is 29.1 Å². The van der Waals surface area contributed by atoms with Crippen LogP contribution < -0.4 is 4.90 Å². The summed E-state index contributed by atoms with van der Waals surface area (Å²) >= 11 is 0. The Balaban J connectivity index is 1.46. The van der Waals surface area contributed by atoms with Gasteiger partial charge in [-0.2, -0.15) is 51.3 Å². The minimum atomic E-state index is -5.20. The van der Waals surface area contributed by atoms with E-state index in [0.29, 0.717) is 37.4 Å². The van der Waals surface area contributed by atoms with E-state index in [1.165, 1.54) is 22.1 Å². The van der Waals surface area contributed by atoms with Crippen LogP contribution in [0.1, 0.15) is 35.4 Å². The highest BCUT2D eigenvalue weighted by molar-refractivity contribution is 5.87. The van der Waals surface area contributed by atoms with Crippen LogP contribution in [0.5, 0.6) is 0 Å². The maximum Gasteiger partial charge on any atom is 0.451 e. The molecule has 0 unspecified atom stereocenters. The van der Waals surface area contributed by atoms with Crippen LogP contribution in [0.15, 0.2) is 30.6 Å². The molecule has 0 amide bonds. The molecule has 0 saturated carbocycles. The summed E-state index contributed by atoms with van der Waals surface area (Å²) < 4.78 is 91.9. The van der Waals surface area contributed by atoms with Gasteiger partial charge in [-0.15, -0.1) is 0 Å². The second-order valence-corrected chi connectivity index (χ2v) is 9.26. The Morgan fingerprint density at radius 1 is 0.923 bits per heavy atom. The Morgan fingerprint density at radius 2 is 1.59 bits per heavy atom. The second kappa shape index (κ2) is 9.44. The molecule has 0 aliphatic carbocycles. The number of anilines is 1. The SMILES string of the molecule is FC(F)(F)c1nc(N2CCc3c([nH]c4ccc(-n5nccn5)cc34)[C@@H]2CC2COCOC2)nc(C(F)(F)F)n1. The minimum absolute atomic E-state index is 0.0713. The maximum atomic E-state index is 13.5. The number of hydrogen-bond donors (Lipinski definition) is 1. The van der Waals surface area contributed by atoms with Crippen LogP contribution in [0.2, 0.25) is 0 Å². The number of hydrogen-bond acceptors (Lipinski definition) is 8. The molecule has 16 heteroatoms. The lowest BCUT2D eigenvalue weighted by atomic mass is 9.90. The summed E-state index contributed by atoms with van der Waals surface area (Å²) in [5.41, 5.74) is 2.99. The fourth-order valence-electron chi connectivity index (χ4n) is 5.05. The van der Waals surface area contributed by atoms with Crippen molar-refractivity contribution < 1.29 is 35.8 Å². The monoisotopic (exact) mass is 554 g/mol. The Morgan fingerprint density at radius 3 is 2.23 bits per heavy atom. The first-order valence-electron chi connectivity index (χ1n) is 11.9. The van der Waals surface area contributed by atoms with E-state index in [-0.39, 0.29) is 19.3 Å². The van der Waals surface area contributed by atoms with Gasteiger partial charge in [0.15, 0.2) is 0 Å². The van der Waals surface area contributed by atoms with Crippen molar-refractivity contribution in [2.75, 3.05) is 31.5 Å². The van der Waals surface area contributed by atoms with Crippen molar-refractivity contribution in [1.29, 1.82) is 0 Å². The normalized spacial score (nSPS) is 19.0. The van der Waals surface area contributed by atoms with Gasteiger partial charge in [0.2, 0.25) is 17.6 Å². The number of alkyl halides is 6. The van der Waals surface area contributed by atoms with Crippen molar-refractivity contribution in [3.05, 3.63) is 53.5 Å². The smallest absolute Gasteiger partial charge is 0.356 e. The molecule has 2 aliphatic rings. The number of nitrogens with one attached hydrogen (secondary N) is 1. The van der Waals surface area contributed by atoms with Gasteiger partial charge in [0.25, 0.3) is 0 Å². The lowest BCUT2D eigenvalue weighted by Crippen LogP contribution is -2.40. The molecule has 2 aliphatic heterocycles. The molecule has 1 atom stereocenters. The summed E-state index contributed by atoms with van der Waals surface area (Å²) in [4.78, 5) is 15.7. The van der Waals surface area contributed by atoms with Crippen molar-refractivity contribution in [3.8, 4) is 5.69 Å². The zero-order valence-electron chi connectivity index (χ0n) is 20.0. The molecule has 6 rings (SSSR count). The fraction of sp³-hybridized carbons (Fsp3) is 0.435. The predicted octanol–water partition coefficient (Wildman–Crippen LogP) is 4.09. The molecule has 1 saturated heterocycles. The number of fused-ring (bicyclic) bond motifs is 3. The Hall–Kier alpha value is -3.79. The van der Waals surface area contributed by atoms with Crippen LogP contribution in [0, 0.1) is 5.92 Å². The van der Waals surface area contributed by atoms with Gasteiger partial charge in [-0.3, -0.25) is 0 Å². The molecule has 10 nitrogen and oxygen atoms in total. The molecular formula is C23H20F6N8O2. The van der Waals surface area contributed by atoms with E-state index < -0.39 is 36.0 Å². The largest absolute Gasteiger partial charge is 0.451 e. The van der Waals surface area contributed by atoms with Gasteiger partial charge in [0.05, 0.1) is 37.3 Å². The van der Waals surface area contributed by atoms with Crippen LogP contribution in [-0.2, 0) is 28.2 Å². The molecule has 5 heterocycles. The molecule has 0 spiro atoms. The average molecular weight is 554 g/mol. The van der Waals surface area contributed by atoms with Crippen LogP contribution in [0.3, 0.4) is 0 Å². The van der Waals surface area contributed by atoms with Crippen molar-refractivity contribution in [2.45, 2.75) is 31.2 Å². The number of H-pyrrole nitrogens is 1. The number of nitrogens with zero attached hydrogens (tertiary/aromatic N) is 7. The van der Waals surface area contributed by atoms with Crippen LogP contribution in [0.4, 0.5) is 32.3 Å². The molecule has 39 heavy (non-hydrogen) atoms. The molecule has 4 aromatic rings. The quantitative estimate of drug-likeness (QED) is 0.376. The molecular weight excluding hydrogens is 534 g/mol. The van der Waals surface area contributed by atoms with E-state index in [9.17, 15) is 26.3 Å². The number of benzene rings is 1. The van der Waals surface area contributed by atoms with Gasteiger partial charge >= 0.3 is 12.4 Å². The van der Waals surface area contributed by atoms with Gasteiger partial charge in [0.1, 0.15) is 6.79 Å². The van der Waals surface area contributed by atoms with Crippen LogP contribution >= 0.6 is 0 Å². The highest BCUT2D eigenvalue weighted by atomic mass is 19.4. The summed E-state index contributed by atoms with van der Waals surface area (Å²) in [6.45, 7) is 0.841. The van der Waals surface area contributed by atoms with E-state index in [4.69, 9.17) is 9.47 Å². The Labute approximate surface area is 216 Å². The maximum absolute atomic E-state index is 13.5. The minimum Gasteiger partial charge on any atom is -0.356 e.